The van der Waals surface area contributed by atoms with Gasteiger partial charge in [-0.2, -0.15) is 4.98 Å². The second kappa shape index (κ2) is 6.05. The molecule has 0 amide bonds. The summed E-state index contributed by atoms with van der Waals surface area (Å²) >= 11 is 0. The van der Waals surface area contributed by atoms with Crippen molar-refractivity contribution in [2.24, 2.45) is 0 Å². The van der Waals surface area contributed by atoms with E-state index < -0.39 is 0 Å². The second-order valence-corrected chi connectivity index (χ2v) is 4.43. The summed E-state index contributed by atoms with van der Waals surface area (Å²) in [4.78, 5) is 4.35. The van der Waals surface area contributed by atoms with E-state index in [0.717, 1.165) is 16.9 Å². The molecule has 3 aromatic rings. The topological polar surface area (TPSA) is 48.2 Å². The Balaban J connectivity index is 1.81. The lowest BCUT2D eigenvalue weighted by Crippen LogP contribution is -1.85. The van der Waals surface area contributed by atoms with Gasteiger partial charge in [-0.1, -0.05) is 47.6 Å². The van der Waals surface area contributed by atoms with E-state index in [1.165, 1.54) is 0 Å². The number of nitrogens with zero attached hydrogens (tertiary/aromatic N) is 2. The van der Waals surface area contributed by atoms with Crippen molar-refractivity contribution in [2.45, 2.75) is 0 Å². The highest BCUT2D eigenvalue weighted by Gasteiger charge is 2.07. The van der Waals surface area contributed by atoms with E-state index in [4.69, 9.17) is 9.26 Å². The molecule has 0 atom stereocenters. The number of methoxy groups -OCH3 is 1. The third kappa shape index (κ3) is 3.17. The predicted molar refractivity (Wildman–Crippen MR) is 81.7 cm³/mol. The first-order valence-electron chi connectivity index (χ1n) is 6.56. The van der Waals surface area contributed by atoms with Gasteiger partial charge in [-0.05, 0) is 23.8 Å². The molecule has 1 heterocycles. The molecule has 21 heavy (non-hydrogen) atoms. The quantitative estimate of drug-likeness (QED) is 0.725. The fourth-order valence-electron chi connectivity index (χ4n) is 1.91. The zero-order valence-corrected chi connectivity index (χ0v) is 11.6. The molecule has 0 unspecified atom stereocenters. The first-order chi connectivity index (χ1) is 10.3. The minimum atomic E-state index is 0.469. The molecule has 0 radical (unpaired) electrons. The molecule has 0 N–H and O–H groups in total. The average molecular weight is 278 g/mol. The van der Waals surface area contributed by atoms with Gasteiger partial charge in [0, 0.05) is 11.6 Å². The number of hydrogen-bond donors (Lipinski definition) is 0. The van der Waals surface area contributed by atoms with Gasteiger partial charge in [-0.25, -0.2) is 0 Å². The molecule has 0 fully saturated rings. The van der Waals surface area contributed by atoms with Crippen LogP contribution in [0.15, 0.2) is 59.1 Å². The van der Waals surface area contributed by atoms with Crippen LogP contribution >= 0.6 is 0 Å². The van der Waals surface area contributed by atoms with Gasteiger partial charge < -0.3 is 9.26 Å². The molecule has 0 aliphatic carbocycles. The summed E-state index contributed by atoms with van der Waals surface area (Å²) in [6, 6.07) is 17.5. The number of benzene rings is 2. The van der Waals surface area contributed by atoms with E-state index in [2.05, 4.69) is 10.1 Å². The lowest BCUT2D eigenvalue weighted by Gasteiger charge is -1.99. The van der Waals surface area contributed by atoms with Gasteiger partial charge in [0.05, 0.1) is 7.11 Å². The van der Waals surface area contributed by atoms with Crippen molar-refractivity contribution < 1.29 is 9.26 Å². The van der Waals surface area contributed by atoms with Crippen molar-refractivity contribution in [1.82, 2.24) is 10.1 Å². The SMILES string of the molecule is COc1cccc(-c2noc(C=Cc3ccccc3)n2)c1. The Hall–Kier alpha value is -2.88. The van der Waals surface area contributed by atoms with Crippen molar-refractivity contribution in [3.63, 3.8) is 0 Å². The van der Waals surface area contributed by atoms with E-state index >= 15 is 0 Å². The van der Waals surface area contributed by atoms with Crippen LogP contribution in [0.1, 0.15) is 11.5 Å². The summed E-state index contributed by atoms with van der Waals surface area (Å²) in [5.41, 5.74) is 1.94. The van der Waals surface area contributed by atoms with Crippen molar-refractivity contribution in [1.29, 1.82) is 0 Å². The Morgan fingerprint density at radius 1 is 1.00 bits per heavy atom. The molecule has 0 aliphatic heterocycles. The first-order valence-corrected chi connectivity index (χ1v) is 6.56. The van der Waals surface area contributed by atoms with Crippen LogP contribution in [0.5, 0.6) is 5.75 Å². The molecule has 0 bridgehead atoms. The Kier molecular flexibility index (Phi) is 3.78. The molecule has 1 aromatic heterocycles. The van der Waals surface area contributed by atoms with E-state index in [0.29, 0.717) is 11.7 Å². The average Bonchev–Trinajstić information content (AvgIpc) is 3.03. The van der Waals surface area contributed by atoms with Crippen molar-refractivity contribution in [2.75, 3.05) is 7.11 Å². The molecular weight excluding hydrogens is 264 g/mol. The lowest BCUT2D eigenvalue weighted by atomic mass is 10.2. The number of aromatic nitrogens is 2. The summed E-state index contributed by atoms with van der Waals surface area (Å²) in [7, 11) is 1.63. The molecule has 104 valence electrons. The van der Waals surface area contributed by atoms with Crippen LogP contribution in [0.2, 0.25) is 0 Å². The van der Waals surface area contributed by atoms with Crippen LogP contribution in [0.4, 0.5) is 0 Å². The van der Waals surface area contributed by atoms with Gasteiger partial charge in [-0.3, -0.25) is 0 Å². The lowest BCUT2D eigenvalue weighted by molar-refractivity contribution is 0.410. The highest BCUT2D eigenvalue weighted by molar-refractivity contribution is 5.67. The van der Waals surface area contributed by atoms with E-state index in [9.17, 15) is 0 Å². The van der Waals surface area contributed by atoms with Gasteiger partial charge in [-0.15, -0.1) is 0 Å². The predicted octanol–water partition coefficient (Wildman–Crippen LogP) is 3.92. The fourth-order valence-corrected chi connectivity index (χ4v) is 1.91. The highest BCUT2D eigenvalue weighted by atomic mass is 16.5. The zero-order valence-electron chi connectivity index (χ0n) is 11.6. The Morgan fingerprint density at radius 2 is 1.86 bits per heavy atom. The van der Waals surface area contributed by atoms with E-state index in [1.54, 1.807) is 13.2 Å². The normalized spacial score (nSPS) is 10.9. The van der Waals surface area contributed by atoms with Gasteiger partial charge in [0.15, 0.2) is 0 Å². The number of rotatable bonds is 4. The molecule has 2 aromatic carbocycles. The van der Waals surface area contributed by atoms with Crippen LogP contribution in [-0.4, -0.2) is 17.3 Å². The van der Waals surface area contributed by atoms with Crippen molar-refractivity contribution in [3.8, 4) is 17.1 Å². The largest absolute Gasteiger partial charge is 0.497 e. The summed E-state index contributed by atoms with van der Waals surface area (Å²) in [6.45, 7) is 0. The highest BCUT2D eigenvalue weighted by Crippen LogP contribution is 2.21. The maximum atomic E-state index is 5.23. The molecule has 0 saturated carbocycles. The summed E-state index contributed by atoms with van der Waals surface area (Å²) in [5.74, 6) is 1.77. The first kappa shape index (κ1) is 13.1. The van der Waals surface area contributed by atoms with Gasteiger partial charge in [0.2, 0.25) is 5.82 Å². The minimum Gasteiger partial charge on any atom is -0.497 e. The number of ether oxygens (including phenoxy) is 1. The molecule has 0 aliphatic rings. The van der Waals surface area contributed by atoms with Gasteiger partial charge >= 0.3 is 0 Å². The van der Waals surface area contributed by atoms with Crippen LogP contribution in [0.3, 0.4) is 0 Å². The minimum absolute atomic E-state index is 0.469. The van der Waals surface area contributed by atoms with Gasteiger partial charge in [0.25, 0.3) is 5.89 Å². The molecule has 3 rings (SSSR count). The standard InChI is InChI=1S/C17H14N2O2/c1-20-15-9-5-8-14(12-15)17-18-16(21-19-17)11-10-13-6-3-2-4-7-13/h2-12H,1H3. The van der Waals surface area contributed by atoms with Crippen LogP contribution in [0.25, 0.3) is 23.5 Å². The van der Waals surface area contributed by atoms with Crippen molar-refractivity contribution >= 4 is 12.2 Å². The maximum Gasteiger partial charge on any atom is 0.250 e. The van der Waals surface area contributed by atoms with Crippen LogP contribution < -0.4 is 4.74 Å². The Bertz CT molecular complexity index is 748. The monoisotopic (exact) mass is 278 g/mol. The summed E-state index contributed by atoms with van der Waals surface area (Å²) in [6.07, 6.45) is 3.73. The number of hydrogen-bond acceptors (Lipinski definition) is 4. The maximum absolute atomic E-state index is 5.23. The summed E-state index contributed by atoms with van der Waals surface area (Å²) in [5, 5.41) is 3.98. The molecule has 0 spiro atoms. The van der Waals surface area contributed by atoms with Crippen molar-refractivity contribution in [3.05, 3.63) is 66.1 Å². The summed E-state index contributed by atoms with van der Waals surface area (Å²) < 4.78 is 10.4. The molecule has 4 nitrogen and oxygen atoms in total. The molecular formula is C17H14N2O2. The molecule has 0 saturated heterocycles. The third-order valence-electron chi connectivity index (χ3n) is 2.99. The van der Waals surface area contributed by atoms with E-state index in [1.807, 2.05) is 60.7 Å². The third-order valence-corrected chi connectivity index (χ3v) is 2.99. The zero-order chi connectivity index (χ0) is 14.5. The molecule has 4 heteroatoms. The van der Waals surface area contributed by atoms with E-state index in [-0.39, 0.29) is 0 Å². The van der Waals surface area contributed by atoms with Crippen LogP contribution in [-0.2, 0) is 0 Å². The fraction of sp³-hybridized carbons (Fsp3) is 0.0588. The Morgan fingerprint density at radius 3 is 2.67 bits per heavy atom. The van der Waals surface area contributed by atoms with Gasteiger partial charge in [0.1, 0.15) is 5.75 Å². The Labute approximate surface area is 122 Å². The second-order valence-electron chi connectivity index (χ2n) is 4.43. The van der Waals surface area contributed by atoms with Crippen LogP contribution in [0, 0.1) is 0 Å². The smallest absolute Gasteiger partial charge is 0.250 e.